The number of aryl methyl sites for hydroxylation is 1. The number of hydrogen-bond acceptors (Lipinski definition) is 8. The first kappa shape index (κ1) is 19.9. The molecule has 2 aromatic heterocycles. The number of amides is 1. The highest BCUT2D eigenvalue weighted by molar-refractivity contribution is 7.18. The molecule has 0 spiro atoms. The number of aromatic nitrogens is 1. The second kappa shape index (κ2) is 8.33. The van der Waals surface area contributed by atoms with Crippen molar-refractivity contribution >= 4 is 45.8 Å². The Morgan fingerprint density at radius 2 is 1.77 bits per heavy atom. The summed E-state index contributed by atoms with van der Waals surface area (Å²) in [5.74, 6) is -2.14. The molecular formula is C16H17ClN2O6S. The van der Waals surface area contributed by atoms with Crippen LogP contribution in [0, 0.1) is 13.8 Å². The number of nitrogens with zero attached hydrogens (tertiary/aromatic N) is 1. The number of halogens is 1. The van der Waals surface area contributed by atoms with E-state index in [1.54, 1.807) is 27.7 Å². The fourth-order valence-electron chi connectivity index (χ4n) is 2.10. The van der Waals surface area contributed by atoms with E-state index >= 15 is 0 Å². The molecule has 10 heteroatoms. The van der Waals surface area contributed by atoms with Gasteiger partial charge >= 0.3 is 11.9 Å². The van der Waals surface area contributed by atoms with Gasteiger partial charge in [-0.05, 0) is 33.3 Å². The van der Waals surface area contributed by atoms with Gasteiger partial charge in [0.1, 0.15) is 14.9 Å². The first-order valence-electron chi connectivity index (χ1n) is 7.72. The maximum absolute atomic E-state index is 12.4. The lowest BCUT2D eigenvalue weighted by Crippen LogP contribution is -2.14. The Morgan fingerprint density at radius 1 is 1.15 bits per heavy atom. The molecule has 0 aromatic carbocycles. The van der Waals surface area contributed by atoms with Gasteiger partial charge in [-0.15, -0.1) is 11.3 Å². The number of nitrogens with one attached hydrogen (secondary N) is 1. The Morgan fingerprint density at radius 3 is 2.31 bits per heavy atom. The summed E-state index contributed by atoms with van der Waals surface area (Å²) in [5.41, 5.74) is 0.805. The minimum Gasteiger partial charge on any atom is -0.462 e. The number of hydrogen-bond donors (Lipinski definition) is 1. The van der Waals surface area contributed by atoms with E-state index in [0.717, 1.165) is 11.3 Å². The zero-order valence-electron chi connectivity index (χ0n) is 14.6. The van der Waals surface area contributed by atoms with Crippen LogP contribution in [-0.2, 0) is 9.47 Å². The van der Waals surface area contributed by atoms with Crippen LogP contribution in [0.2, 0.25) is 5.02 Å². The van der Waals surface area contributed by atoms with Crippen molar-refractivity contribution in [3.8, 4) is 0 Å². The Kier molecular flexibility index (Phi) is 6.38. The molecule has 2 rings (SSSR count). The van der Waals surface area contributed by atoms with Crippen molar-refractivity contribution in [2.45, 2.75) is 27.7 Å². The molecule has 0 radical (unpaired) electrons. The molecule has 0 fully saturated rings. The van der Waals surface area contributed by atoms with Gasteiger partial charge in [0.15, 0.2) is 0 Å². The molecule has 0 bridgehead atoms. The summed E-state index contributed by atoms with van der Waals surface area (Å²) in [6.07, 6.45) is 0. The third-order valence-corrected chi connectivity index (χ3v) is 4.94. The van der Waals surface area contributed by atoms with Crippen LogP contribution in [0.5, 0.6) is 0 Å². The standard InChI is InChI=1S/C16H17ClN2O6S/c1-5-23-15(21)9-7(3)12(16(22)24-6-2)26-14(9)18-13(20)11-10(17)8(4)19-25-11/h5-6H2,1-4H3,(H,18,20). The summed E-state index contributed by atoms with van der Waals surface area (Å²) in [4.78, 5) is 37.0. The van der Waals surface area contributed by atoms with Crippen LogP contribution in [0.1, 0.15) is 55.7 Å². The molecule has 0 atom stereocenters. The predicted octanol–water partition coefficient (Wildman–Crippen LogP) is 3.61. The van der Waals surface area contributed by atoms with E-state index in [1.807, 2.05) is 0 Å². The van der Waals surface area contributed by atoms with Crippen LogP contribution in [0.15, 0.2) is 4.52 Å². The molecule has 1 N–H and O–H groups in total. The fraction of sp³-hybridized carbons (Fsp3) is 0.375. The molecule has 0 saturated carbocycles. The third-order valence-electron chi connectivity index (χ3n) is 3.31. The average molecular weight is 401 g/mol. The molecule has 0 unspecified atom stereocenters. The van der Waals surface area contributed by atoms with Gasteiger partial charge in [-0.1, -0.05) is 16.8 Å². The molecule has 0 aliphatic rings. The third kappa shape index (κ3) is 3.88. The molecule has 140 valence electrons. The Hall–Kier alpha value is -2.39. The SMILES string of the molecule is CCOC(=O)c1sc(NC(=O)c2onc(C)c2Cl)c(C(=O)OCC)c1C. The van der Waals surface area contributed by atoms with Crippen LogP contribution in [-0.4, -0.2) is 36.2 Å². The van der Waals surface area contributed by atoms with Gasteiger partial charge in [-0.3, -0.25) is 4.79 Å². The highest BCUT2D eigenvalue weighted by Crippen LogP contribution is 2.35. The van der Waals surface area contributed by atoms with E-state index in [0.29, 0.717) is 11.3 Å². The minimum absolute atomic E-state index is 0.0686. The van der Waals surface area contributed by atoms with Crippen LogP contribution in [0.25, 0.3) is 0 Å². The first-order valence-corrected chi connectivity index (χ1v) is 8.91. The summed E-state index contributed by atoms with van der Waals surface area (Å²) < 4.78 is 14.9. The van der Waals surface area contributed by atoms with Crippen LogP contribution in [0.3, 0.4) is 0 Å². The quantitative estimate of drug-likeness (QED) is 0.737. The Bertz CT molecular complexity index is 857. The van der Waals surface area contributed by atoms with Crippen molar-refractivity contribution in [1.82, 2.24) is 5.16 Å². The second-order valence-corrected chi connectivity index (χ2v) is 6.47. The van der Waals surface area contributed by atoms with E-state index in [-0.39, 0.29) is 39.4 Å². The summed E-state index contributed by atoms with van der Waals surface area (Å²) in [6, 6.07) is 0. The maximum Gasteiger partial charge on any atom is 0.348 e. The van der Waals surface area contributed by atoms with Gasteiger partial charge in [0.25, 0.3) is 5.91 Å². The molecule has 1 amide bonds. The van der Waals surface area contributed by atoms with Gasteiger partial charge in [-0.2, -0.15) is 0 Å². The molecule has 2 aromatic rings. The van der Waals surface area contributed by atoms with E-state index in [9.17, 15) is 14.4 Å². The average Bonchev–Trinajstić information content (AvgIpc) is 3.08. The summed E-state index contributed by atoms with van der Waals surface area (Å²) in [5, 5.41) is 6.35. The Balaban J connectivity index is 2.43. The molecule has 26 heavy (non-hydrogen) atoms. The maximum atomic E-state index is 12.4. The summed E-state index contributed by atoms with van der Waals surface area (Å²) >= 11 is 6.88. The number of rotatable bonds is 6. The molecule has 2 heterocycles. The van der Waals surface area contributed by atoms with Gasteiger partial charge in [0, 0.05) is 0 Å². The highest BCUT2D eigenvalue weighted by atomic mass is 35.5. The summed E-state index contributed by atoms with van der Waals surface area (Å²) in [6.45, 7) is 6.81. The highest BCUT2D eigenvalue weighted by Gasteiger charge is 2.29. The largest absolute Gasteiger partial charge is 0.462 e. The van der Waals surface area contributed by atoms with Crippen molar-refractivity contribution in [3.05, 3.63) is 32.5 Å². The van der Waals surface area contributed by atoms with Crippen molar-refractivity contribution in [3.63, 3.8) is 0 Å². The van der Waals surface area contributed by atoms with E-state index in [1.165, 1.54) is 0 Å². The predicted molar refractivity (Wildman–Crippen MR) is 95.2 cm³/mol. The normalized spacial score (nSPS) is 10.5. The number of carbonyl (C=O) groups excluding carboxylic acids is 3. The van der Waals surface area contributed by atoms with Crippen LogP contribution < -0.4 is 5.32 Å². The number of carbonyl (C=O) groups is 3. The minimum atomic E-state index is -0.696. The van der Waals surface area contributed by atoms with E-state index in [2.05, 4.69) is 10.5 Å². The molecule has 0 aliphatic carbocycles. The lowest BCUT2D eigenvalue weighted by atomic mass is 10.1. The van der Waals surface area contributed by atoms with Gasteiger partial charge in [-0.25, -0.2) is 9.59 Å². The number of anilines is 1. The van der Waals surface area contributed by atoms with Crippen LogP contribution >= 0.6 is 22.9 Å². The van der Waals surface area contributed by atoms with Gasteiger partial charge < -0.3 is 19.3 Å². The lowest BCUT2D eigenvalue weighted by molar-refractivity contribution is 0.0527. The number of thiophene rings is 1. The van der Waals surface area contributed by atoms with E-state index < -0.39 is 17.8 Å². The first-order chi connectivity index (χ1) is 12.3. The van der Waals surface area contributed by atoms with Crippen molar-refractivity contribution < 1.29 is 28.4 Å². The van der Waals surface area contributed by atoms with Crippen molar-refractivity contribution in [2.24, 2.45) is 0 Å². The van der Waals surface area contributed by atoms with E-state index in [4.69, 9.17) is 25.6 Å². The van der Waals surface area contributed by atoms with Crippen LogP contribution in [0.4, 0.5) is 5.00 Å². The number of ether oxygens (including phenoxy) is 2. The lowest BCUT2D eigenvalue weighted by Gasteiger charge is -2.06. The van der Waals surface area contributed by atoms with Crippen molar-refractivity contribution in [2.75, 3.05) is 18.5 Å². The zero-order valence-corrected chi connectivity index (χ0v) is 16.2. The molecular weight excluding hydrogens is 384 g/mol. The van der Waals surface area contributed by atoms with Crippen molar-refractivity contribution in [1.29, 1.82) is 0 Å². The fourth-order valence-corrected chi connectivity index (χ4v) is 3.34. The smallest absolute Gasteiger partial charge is 0.348 e. The Labute approximate surface area is 158 Å². The molecule has 8 nitrogen and oxygen atoms in total. The molecule has 0 saturated heterocycles. The molecule has 0 aliphatic heterocycles. The number of esters is 2. The second-order valence-electron chi connectivity index (χ2n) is 5.07. The monoisotopic (exact) mass is 400 g/mol. The van der Waals surface area contributed by atoms with Gasteiger partial charge in [0.05, 0.1) is 24.5 Å². The topological polar surface area (TPSA) is 108 Å². The summed E-state index contributed by atoms with van der Waals surface area (Å²) in [7, 11) is 0. The van der Waals surface area contributed by atoms with Gasteiger partial charge in [0.2, 0.25) is 5.76 Å². The zero-order chi connectivity index (χ0) is 19.4.